The zero-order chi connectivity index (χ0) is 20.5. The van der Waals surface area contributed by atoms with Crippen molar-refractivity contribution in [3.05, 3.63) is 71.6 Å². The van der Waals surface area contributed by atoms with Crippen LogP contribution >= 0.6 is 0 Å². The number of benzene rings is 2. The van der Waals surface area contributed by atoms with Crippen molar-refractivity contribution in [3.63, 3.8) is 0 Å². The highest BCUT2D eigenvalue weighted by Crippen LogP contribution is 2.34. The molecular weight excluding hydrogens is 406 g/mol. The first-order chi connectivity index (χ1) is 13.9. The molecule has 29 heavy (non-hydrogen) atoms. The van der Waals surface area contributed by atoms with Gasteiger partial charge < -0.3 is 0 Å². The largest absolute Gasteiger partial charge is 0.264 e. The third kappa shape index (κ3) is 4.26. The van der Waals surface area contributed by atoms with Crippen LogP contribution in [0.25, 0.3) is 0 Å². The minimum Gasteiger partial charge on any atom is -0.258 e. The Bertz CT molecular complexity index is 1090. The molecular formula is C22H25NO4S2. The molecule has 0 radical (unpaired) electrons. The van der Waals surface area contributed by atoms with Gasteiger partial charge in [0.25, 0.3) is 10.0 Å². The number of sulfonamides is 1. The molecule has 0 bridgehead atoms. The van der Waals surface area contributed by atoms with Gasteiger partial charge in [0, 0.05) is 5.41 Å². The van der Waals surface area contributed by atoms with Crippen LogP contribution in [0.3, 0.4) is 0 Å². The van der Waals surface area contributed by atoms with Crippen molar-refractivity contribution >= 4 is 25.5 Å². The number of anilines is 1. The summed E-state index contributed by atoms with van der Waals surface area (Å²) in [7, 11) is -7.32. The van der Waals surface area contributed by atoms with Crippen molar-refractivity contribution in [2.45, 2.75) is 49.0 Å². The van der Waals surface area contributed by atoms with Gasteiger partial charge in [-0.15, -0.1) is 0 Å². The molecule has 1 heterocycles. The average Bonchev–Trinajstić information content (AvgIpc) is 3.08. The van der Waals surface area contributed by atoms with Gasteiger partial charge in [0.2, 0.25) is 0 Å². The topological polar surface area (TPSA) is 71.5 Å². The van der Waals surface area contributed by atoms with Gasteiger partial charge in [-0.25, -0.2) is 16.8 Å². The normalized spacial score (nSPS) is 21.9. The fourth-order valence-electron chi connectivity index (χ4n) is 4.25. The summed E-state index contributed by atoms with van der Waals surface area (Å²) in [5, 5.41) is 1.11. The van der Waals surface area contributed by atoms with Gasteiger partial charge in [0.15, 0.2) is 9.84 Å². The minimum absolute atomic E-state index is 0.179. The molecule has 2 aromatic rings. The first kappa shape index (κ1) is 20.2. The zero-order valence-electron chi connectivity index (χ0n) is 16.1. The quantitative estimate of drug-likeness (QED) is 0.710. The maximum atomic E-state index is 13.5. The SMILES string of the molecule is O=S1(=O)C=C[C@@H](N(c2ccccc2)S(=O)(=O)c2ccc(C3CCCCC3)cc2)C1. The van der Waals surface area contributed by atoms with Gasteiger partial charge in [-0.05, 0) is 54.7 Å². The maximum absolute atomic E-state index is 13.5. The molecule has 0 aromatic heterocycles. The number of hydrogen-bond donors (Lipinski definition) is 0. The van der Waals surface area contributed by atoms with Crippen LogP contribution in [0.4, 0.5) is 5.69 Å². The van der Waals surface area contributed by atoms with E-state index >= 15 is 0 Å². The summed E-state index contributed by atoms with van der Waals surface area (Å²) >= 11 is 0. The number of nitrogens with zero attached hydrogens (tertiary/aromatic N) is 1. The predicted octanol–water partition coefficient (Wildman–Crippen LogP) is 4.24. The lowest BCUT2D eigenvalue weighted by atomic mass is 9.84. The van der Waals surface area contributed by atoms with Crippen molar-refractivity contribution in [1.82, 2.24) is 0 Å². The van der Waals surface area contributed by atoms with E-state index in [1.54, 1.807) is 42.5 Å². The smallest absolute Gasteiger partial charge is 0.258 e. The highest BCUT2D eigenvalue weighted by atomic mass is 32.2. The summed E-state index contributed by atoms with van der Waals surface area (Å²) in [6.07, 6.45) is 7.45. The Morgan fingerprint density at radius 1 is 0.862 bits per heavy atom. The van der Waals surface area contributed by atoms with Crippen molar-refractivity contribution in [2.24, 2.45) is 0 Å². The maximum Gasteiger partial charge on any atom is 0.264 e. The van der Waals surface area contributed by atoms with E-state index in [-0.39, 0.29) is 10.6 Å². The molecule has 154 valence electrons. The van der Waals surface area contributed by atoms with Crippen LogP contribution in [0, 0.1) is 0 Å². The third-order valence-electron chi connectivity index (χ3n) is 5.74. The average molecular weight is 432 g/mol. The third-order valence-corrected chi connectivity index (χ3v) is 8.98. The van der Waals surface area contributed by atoms with Crippen LogP contribution in [-0.2, 0) is 19.9 Å². The Hall–Kier alpha value is -2.12. The molecule has 4 rings (SSSR count). The van der Waals surface area contributed by atoms with Crippen molar-refractivity contribution in [2.75, 3.05) is 10.1 Å². The molecule has 1 fully saturated rings. The van der Waals surface area contributed by atoms with Gasteiger partial charge in [-0.1, -0.05) is 49.6 Å². The second kappa shape index (κ2) is 7.95. The summed E-state index contributed by atoms with van der Waals surface area (Å²) in [5.74, 6) is 0.245. The Kier molecular flexibility index (Phi) is 5.53. The second-order valence-corrected chi connectivity index (χ2v) is 11.5. The van der Waals surface area contributed by atoms with Gasteiger partial charge in [0.05, 0.1) is 22.4 Å². The van der Waals surface area contributed by atoms with E-state index in [9.17, 15) is 16.8 Å². The van der Waals surface area contributed by atoms with E-state index in [0.29, 0.717) is 11.6 Å². The summed E-state index contributed by atoms with van der Waals surface area (Å²) < 4.78 is 52.2. The molecule has 2 aliphatic rings. The second-order valence-electron chi connectivity index (χ2n) is 7.77. The molecule has 1 atom stereocenters. The van der Waals surface area contributed by atoms with Gasteiger partial charge in [-0.2, -0.15) is 0 Å². The molecule has 0 amide bonds. The Balaban J connectivity index is 1.69. The van der Waals surface area contributed by atoms with Crippen molar-refractivity contribution < 1.29 is 16.8 Å². The molecule has 0 N–H and O–H groups in total. The molecule has 7 heteroatoms. The van der Waals surface area contributed by atoms with Crippen molar-refractivity contribution in [1.29, 1.82) is 0 Å². The summed E-state index contributed by atoms with van der Waals surface area (Å²) in [6, 6.07) is 15.0. The fraction of sp³-hybridized carbons (Fsp3) is 0.364. The summed E-state index contributed by atoms with van der Waals surface area (Å²) in [5.41, 5.74) is 1.63. The molecule has 2 aromatic carbocycles. The highest BCUT2D eigenvalue weighted by molar-refractivity contribution is 7.95. The van der Waals surface area contributed by atoms with Crippen LogP contribution in [-0.4, -0.2) is 28.6 Å². The first-order valence-electron chi connectivity index (χ1n) is 9.97. The number of rotatable bonds is 5. The standard InChI is InChI=1S/C22H25NO4S2/c24-28(25)16-15-21(17-28)23(20-9-5-2-6-10-20)29(26,27)22-13-11-19(12-14-22)18-7-3-1-4-8-18/h2,5-6,9-16,18,21H,1,3-4,7-8,17H2/t21-/m1/s1. The summed E-state index contributed by atoms with van der Waals surface area (Å²) in [4.78, 5) is 0.179. The molecule has 1 aliphatic carbocycles. The summed E-state index contributed by atoms with van der Waals surface area (Å²) in [6.45, 7) is 0. The first-order valence-corrected chi connectivity index (χ1v) is 13.1. The molecule has 1 saturated carbocycles. The Morgan fingerprint density at radius 2 is 1.52 bits per heavy atom. The number of hydrogen-bond acceptors (Lipinski definition) is 4. The van der Waals surface area contributed by atoms with Crippen LogP contribution in [0.5, 0.6) is 0 Å². The Labute approximate surface area is 173 Å². The number of para-hydroxylation sites is 1. The van der Waals surface area contributed by atoms with E-state index in [2.05, 4.69) is 0 Å². The van der Waals surface area contributed by atoms with Crippen LogP contribution in [0.15, 0.2) is 71.0 Å². The molecule has 1 aliphatic heterocycles. The van der Waals surface area contributed by atoms with Gasteiger partial charge in [-0.3, -0.25) is 4.31 Å². The van der Waals surface area contributed by atoms with E-state index in [1.807, 2.05) is 12.1 Å². The number of sulfone groups is 1. The van der Waals surface area contributed by atoms with Crippen molar-refractivity contribution in [3.8, 4) is 0 Å². The minimum atomic E-state index is -3.92. The zero-order valence-corrected chi connectivity index (χ0v) is 17.8. The molecule has 0 spiro atoms. The Morgan fingerprint density at radius 3 is 2.10 bits per heavy atom. The molecule has 0 saturated heterocycles. The van der Waals surface area contributed by atoms with E-state index in [1.165, 1.54) is 35.2 Å². The lowest BCUT2D eigenvalue weighted by molar-refractivity contribution is 0.443. The van der Waals surface area contributed by atoms with E-state index in [4.69, 9.17) is 0 Å². The molecule has 0 unspecified atom stereocenters. The van der Waals surface area contributed by atoms with Crippen LogP contribution in [0.1, 0.15) is 43.6 Å². The van der Waals surface area contributed by atoms with E-state index < -0.39 is 25.9 Å². The monoisotopic (exact) mass is 431 g/mol. The highest BCUT2D eigenvalue weighted by Gasteiger charge is 2.36. The predicted molar refractivity (Wildman–Crippen MR) is 115 cm³/mol. The molecule has 5 nitrogen and oxygen atoms in total. The van der Waals surface area contributed by atoms with E-state index in [0.717, 1.165) is 18.2 Å². The lowest BCUT2D eigenvalue weighted by Gasteiger charge is -2.29. The lowest BCUT2D eigenvalue weighted by Crippen LogP contribution is -2.41. The van der Waals surface area contributed by atoms with Crippen LogP contribution in [0.2, 0.25) is 0 Å². The van der Waals surface area contributed by atoms with Gasteiger partial charge in [0.1, 0.15) is 0 Å². The fourth-order valence-corrected chi connectivity index (χ4v) is 7.22. The van der Waals surface area contributed by atoms with Gasteiger partial charge >= 0.3 is 0 Å². The van der Waals surface area contributed by atoms with Crippen LogP contribution < -0.4 is 4.31 Å².